The van der Waals surface area contributed by atoms with Gasteiger partial charge in [0, 0.05) is 5.56 Å². The minimum atomic E-state index is -5.75. The molecule has 0 amide bonds. The van der Waals surface area contributed by atoms with Crippen LogP contribution in [0.25, 0.3) is 11.3 Å². The van der Waals surface area contributed by atoms with Crippen LogP contribution >= 0.6 is 11.6 Å². The summed E-state index contributed by atoms with van der Waals surface area (Å²) in [4.78, 5) is 4.11. The van der Waals surface area contributed by atoms with Crippen molar-refractivity contribution in [1.29, 1.82) is 0 Å². The van der Waals surface area contributed by atoms with Crippen LogP contribution in [0.15, 0.2) is 36.4 Å². The molecule has 1 aromatic carbocycles. The van der Waals surface area contributed by atoms with Crippen molar-refractivity contribution >= 4 is 21.7 Å². The number of aromatic nitrogens is 1. The Bertz CT molecular complexity index is 806. The molecule has 0 fully saturated rings. The third-order valence-electron chi connectivity index (χ3n) is 2.67. The number of alkyl halides is 3. The number of para-hydroxylation sites is 1. The van der Waals surface area contributed by atoms with Gasteiger partial charge >= 0.3 is 15.6 Å². The van der Waals surface area contributed by atoms with Crippen LogP contribution in [-0.4, -0.2) is 18.9 Å². The van der Waals surface area contributed by atoms with E-state index < -0.39 is 21.4 Å². The lowest BCUT2D eigenvalue weighted by molar-refractivity contribution is -0.0499. The van der Waals surface area contributed by atoms with Crippen LogP contribution in [0.3, 0.4) is 0 Å². The summed E-state index contributed by atoms with van der Waals surface area (Å²) < 4.78 is 63.7. The second-order valence-corrected chi connectivity index (χ2v) is 6.19. The van der Waals surface area contributed by atoms with Crippen LogP contribution < -0.4 is 4.18 Å². The van der Waals surface area contributed by atoms with Crippen molar-refractivity contribution in [3.05, 3.63) is 47.1 Å². The molecule has 0 saturated heterocycles. The van der Waals surface area contributed by atoms with Crippen molar-refractivity contribution in [2.24, 2.45) is 0 Å². The summed E-state index contributed by atoms with van der Waals surface area (Å²) in [5, 5.41) is 0.380. The highest BCUT2D eigenvalue weighted by atomic mass is 35.5. The molecule has 0 atom stereocenters. The Morgan fingerprint density at radius 3 is 2.36 bits per heavy atom. The Labute approximate surface area is 129 Å². The molecule has 0 unspecified atom stereocenters. The van der Waals surface area contributed by atoms with E-state index in [-0.39, 0.29) is 11.3 Å². The second kappa shape index (κ2) is 5.77. The first-order chi connectivity index (χ1) is 10.1. The average molecular weight is 352 g/mol. The number of halogens is 4. The van der Waals surface area contributed by atoms with Crippen LogP contribution in [0.5, 0.6) is 5.75 Å². The summed E-state index contributed by atoms with van der Waals surface area (Å²) in [6.07, 6.45) is 0. The molecule has 4 nitrogen and oxygen atoms in total. The number of hydrogen-bond acceptors (Lipinski definition) is 4. The lowest BCUT2D eigenvalue weighted by Gasteiger charge is -2.13. The Hall–Kier alpha value is -1.80. The molecule has 0 bridgehead atoms. The molecule has 0 radical (unpaired) electrons. The fourth-order valence-electron chi connectivity index (χ4n) is 1.61. The van der Waals surface area contributed by atoms with Crippen molar-refractivity contribution in [3.8, 4) is 17.0 Å². The van der Waals surface area contributed by atoms with Gasteiger partial charge in [0.1, 0.15) is 0 Å². The molecule has 9 heteroatoms. The zero-order valence-electron chi connectivity index (χ0n) is 11.1. The predicted octanol–water partition coefficient (Wildman–Crippen LogP) is 3.94. The van der Waals surface area contributed by atoms with Gasteiger partial charge in [-0.25, -0.2) is 0 Å². The zero-order valence-corrected chi connectivity index (χ0v) is 12.6. The molecule has 0 spiro atoms. The Kier molecular flexibility index (Phi) is 4.35. The first-order valence-corrected chi connectivity index (χ1v) is 7.64. The number of benzene rings is 1. The summed E-state index contributed by atoms with van der Waals surface area (Å²) >= 11 is 5.84. The molecule has 0 saturated carbocycles. The molecular weight excluding hydrogens is 343 g/mol. The number of hydrogen-bond donors (Lipinski definition) is 0. The number of pyridine rings is 1. The van der Waals surface area contributed by atoms with E-state index in [1.165, 1.54) is 30.3 Å². The van der Waals surface area contributed by atoms with E-state index >= 15 is 0 Å². The summed E-state index contributed by atoms with van der Waals surface area (Å²) in [6, 6.07) is 8.36. The molecule has 0 aliphatic carbocycles. The normalized spacial score (nSPS) is 12.2. The molecule has 0 aliphatic heterocycles. The highest BCUT2D eigenvalue weighted by Crippen LogP contribution is 2.34. The van der Waals surface area contributed by atoms with Gasteiger partial charge in [-0.1, -0.05) is 23.7 Å². The van der Waals surface area contributed by atoms with Gasteiger partial charge < -0.3 is 4.18 Å². The molecule has 0 N–H and O–H groups in total. The van der Waals surface area contributed by atoms with Gasteiger partial charge in [0.15, 0.2) is 5.75 Å². The largest absolute Gasteiger partial charge is 0.534 e. The highest BCUT2D eigenvalue weighted by molar-refractivity contribution is 7.88. The van der Waals surface area contributed by atoms with Crippen LogP contribution in [0, 0.1) is 6.92 Å². The summed E-state index contributed by atoms with van der Waals surface area (Å²) in [7, 11) is -5.75. The fraction of sp³-hybridized carbons (Fsp3) is 0.154. The highest BCUT2D eigenvalue weighted by Gasteiger charge is 2.48. The SMILES string of the molecule is Cc1nc(-c2ccccc2OS(=O)(=O)C(F)(F)F)ccc1Cl. The van der Waals surface area contributed by atoms with E-state index in [1.54, 1.807) is 6.92 Å². The van der Waals surface area contributed by atoms with E-state index in [0.29, 0.717) is 10.7 Å². The summed E-state index contributed by atoms with van der Waals surface area (Å²) in [5.41, 5.74) is -4.71. The minimum Gasteiger partial charge on any atom is -0.375 e. The molecule has 0 aliphatic rings. The van der Waals surface area contributed by atoms with Crippen LogP contribution in [0.4, 0.5) is 13.2 Å². The predicted molar refractivity (Wildman–Crippen MR) is 75.0 cm³/mol. The van der Waals surface area contributed by atoms with Crippen molar-refractivity contribution in [2.45, 2.75) is 12.4 Å². The molecule has 22 heavy (non-hydrogen) atoms. The van der Waals surface area contributed by atoms with Gasteiger partial charge in [0.25, 0.3) is 0 Å². The number of aryl methyl sites for hydroxylation is 1. The number of rotatable bonds is 3. The summed E-state index contributed by atoms with van der Waals surface area (Å²) in [6.45, 7) is 1.61. The van der Waals surface area contributed by atoms with Gasteiger partial charge in [-0.2, -0.15) is 21.6 Å². The maximum atomic E-state index is 12.4. The van der Waals surface area contributed by atoms with Crippen molar-refractivity contribution in [1.82, 2.24) is 4.98 Å². The Balaban J connectivity index is 2.50. The quantitative estimate of drug-likeness (QED) is 0.621. The molecule has 2 rings (SSSR count). The molecular formula is C13H9ClF3NO3S. The van der Waals surface area contributed by atoms with Gasteiger partial charge in [-0.15, -0.1) is 0 Å². The standard InChI is InChI=1S/C13H9ClF3NO3S/c1-8-10(14)6-7-11(18-8)9-4-2-3-5-12(9)21-22(19,20)13(15,16)17/h2-7H,1H3. The lowest BCUT2D eigenvalue weighted by atomic mass is 10.1. The smallest absolute Gasteiger partial charge is 0.375 e. The van der Waals surface area contributed by atoms with Crippen molar-refractivity contribution < 1.29 is 25.8 Å². The van der Waals surface area contributed by atoms with E-state index in [4.69, 9.17) is 11.6 Å². The van der Waals surface area contributed by atoms with E-state index in [2.05, 4.69) is 9.17 Å². The second-order valence-electron chi connectivity index (χ2n) is 4.24. The third-order valence-corrected chi connectivity index (χ3v) is 4.03. The maximum Gasteiger partial charge on any atom is 0.534 e. The van der Waals surface area contributed by atoms with Crippen molar-refractivity contribution in [2.75, 3.05) is 0 Å². The lowest BCUT2D eigenvalue weighted by Crippen LogP contribution is -2.28. The fourth-order valence-corrected chi connectivity index (χ4v) is 2.19. The molecule has 1 aromatic heterocycles. The average Bonchev–Trinajstić information content (AvgIpc) is 2.41. The van der Waals surface area contributed by atoms with Gasteiger partial charge in [0.05, 0.1) is 16.4 Å². The molecule has 2 aromatic rings. The first kappa shape index (κ1) is 16.6. The minimum absolute atomic E-state index is 0.107. The van der Waals surface area contributed by atoms with Crippen LogP contribution in [0.2, 0.25) is 5.02 Å². The first-order valence-electron chi connectivity index (χ1n) is 5.85. The van der Waals surface area contributed by atoms with Gasteiger partial charge in [-0.05, 0) is 31.2 Å². The van der Waals surface area contributed by atoms with Gasteiger partial charge in [0.2, 0.25) is 0 Å². The van der Waals surface area contributed by atoms with E-state index in [0.717, 1.165) is 6.07 Å². The number of nitrogens with zero attached hydrogens (tertiary/aromatic N) is 1. The third kappa shape index (κ3) is 3.33. The van der Waals surface area contributed by atoms with E-state index in [9.17, 15) is 21.6 Å². The van der Waals surface area contributed by atoms with E-state index in [1.807, 2.05) is 0 Å². The monoisotopic (exact) mass is 351 g/mol. The topological polar surface area (TPSA) is 56.3 Å². The van der Waals surface area contributed by atoms with Crippen LogP contribution in [0.1, 0.15) is 5.69 Å². The van der Waals surface area contributed by atoms with Crippen LogP contribution in [-0.2, 0) is 10.1 Å². The summed E-state index contributed by atoms with van der Waals surface area (Å²) in [5.74, 6) is -0.464. The maximum absolute atomic E-state index is 12.4. The molecule has 118 valence electrons. The Morgan fingerprint density at radius 1 is 1.14 bits per heavy atom. The van der Waals surface area contributed by atoms with Crippen molar-refractivity contribution in [3.63, 3.8) is 0 Å². The zero-order chi connectivity index (χ0) is 16.5. The van der Waals surface area contributed by atoms with Gasteiger partial charge in [-0.3, -0.25) is 4.98 Å². The molecule has 1 heterocycles. The Morgan fingerprint density at radius 2 is 1.77 bits per heavy atom.